The zero-order valence-corrected chi connectivity index (χ0v) is 20.0. The summed E-state index contributed by atoms with van der Waals surface area (Å²) in [6.07, 6.45) is 7.51. The molecule has 0 saturated heterocycles. The topological polar surface area (TPSA) is 65.0 Å². The van der Waals surface area contributed by atoms with Gasteiger partial charge in [0.1, 0.15) is 34.2 Å². The quantitative estimate of drug-likeness (QED) is 0.339. The molecule has 1 N–H and O–H groups in total. The van der Waals surface area contributed by atoms with Crippen LogP contribution in [0.1, 0.15) is 35.3 Å². The van der Waals surface area contributed by atoms with Crippen LogP contribution in [0.2, 0.25) is 19.6 Å². The highest BCUT2D eigenvalue weighted by atomic mass is 28.3. The summed E-state index contributed by atoms with van der Waals surface area (Å²) in [4.78, 5) is 12.9. The lowest BCUT2D eigenvalue weighted by Gasteiger charge is -2.29. The predicted molar refractivity (Wildman–Crippen MR) is 127 cm³/mol. The Morgan fingerprint density at radius 1 is 1.19 bits per heavy atom. The number of phenols is 1. The van der Waals surface area contributed by atoms with Crippen LogP contribution in [0.4, 0.5) is 0 Å². The third-order valence-electron chi connectivity index (χ3n) is 4.74. The van der Waals surface area contributed by atoms with Crippen molar-refractivity contribution in [3.63, 3.8) is 0 Å². The van der Waals surface area contributed by atoms with Crippen molar-refractivity contribution in [3.05, 3.63) is 59.2 Å². The first-order valence-corrected chi connectivity index (χ1v) is 14.0. The average Bonchev–Trinajstić information content (AvgIpc) is 2.69. The molecule has 1 aliphatic rings. The zero-order valence-electron chi connectivity index (χ0n) is 19.0. The van der Waals surface area contributed by atoms with Crippen molar-refractivity contribution >= 4 is 26.0 Å². The van der Waals surface area contributed by atoms with Gasteiger partial charge in [0.05, 0.1) is 27.0 Å². The monoisotopic (exact) mass is 438 g/mol. The van der Waals surface area contributed by atoms with E-state index in [2.05, 4.69) is 19.6 Å². The van der Waals surface area contributed by atoms with E-state index in [-0.39, 0.29) is 22.8 Å². The van der Waals surface area contributed by atoms with Gasteiger partial charge in [-0.2, -0.15) is 0 Å². The molecule has 0 aliphatic carbocycles. The lowest BCUT2D eigenvalue weighted by Crippen LogP contribution is -2.29. The highest BCUT2D eigenvalue weighted by molar-refractivity contribution is 6.76. The number of rotatable bonds is 7. The van der Waals surface area contributed by atoms with Crippen molar-refractivity contribution in [1.29, 1.82) is 0 Å². The molecule has 0 fully saturated rings. The summed E-state index contributed by atoms with van der Waals surface area (Å²) >= 11 is 0. The minimum Gasteiger partial charge on any atom is -0.506 e. The molecule has 3 rings (SSSR count). The molecule has 1 aliphatic heterocycles. The van der Waals surface area contributed by atoms with Crippen LogP contribution in [0.3, 0.4) is 0 Å². The van der Waals surface area contributed by atoms with Crippen molar-refractivity contribution in [2.45, 2.75) is 39.1 Å². The van der Waals surface area contributed by atoms with Crippen LogP contribution >= 0.6 is 0 Å². The summed E-state index contributed by atoms with van der Waals surface area (Å²) in [6, 6.07) is 9.22. The van der Waals surface area contributed by atoms with E-state index in [0.29, 0.717) is 11.3 Å². The second kappa shape index (κ2) is 8.63. The Balaban J connectivity index is 1.81. The maximum atomic E-state index is 12.9. The molecule has 0 aromatic heterocycles. The Morgan fingerprint density at radius 2 is 1.87 bits per heavy atom. The summed E-state index contributed by atoms with van der Waals surface area (Å²) in [5, 5.41) is 10.8. The maximum Gasteiger partial charge on any atom is 0.193 e. The van der Waals surface area contributed by atoms with Crippen molar-refractivity contribution in [2.24, 2.45) is 0 Å². The minimum atomic E-state index is -1.28. The van der Waals surface area contributed by atoms with Crippen LogP contribution in [-0.2, 0) is 0 Å². The van der Waals surface area contributed by atoms with Gasteiger partial charge in [-0.25, -0.2) is 0 Å². The summed E-state index contributed by atoms with van der Waals surface area (Å²) < 4.78 is 17.1. The molecule has 0 atom stereocenters. The highest BCUT2D eigenvalue weighted by Crippen LogP contribution is 2.43. The van der Waals surface area contributed by atoms with Crippen LogP contribution < -0.4 is 14.2 Å². The van der Waals surface area contributed by atoms with Gasteiger partial charge in [-0.05, 0) is 49.8 Å². The molecule has 0 amide bonds. The molecule has 164 valence electrons. The Kier molecular flexibility index (Phi) is 6.32. The van der Waals surface area contributed by atoms with Crippen LogP contribution in [0, 0.1) is 0 Å². The molecule has 31 heavy (non-hydrogen) atoms. The number of ketones is 1. The van der Waals surface area contributed by atoms with Gasteiger partial charge < -0.3 is 19.3 Å². The van der Waals surface area contributed by atoms with E-state index in [1.54, 1.807) is 18.2 Å². The van der Waals surface area contributed by atoms with Crippen molar-refractivity contribution < 1.29 is 24.1 Å². The van der Waals surface area contributed by atoms with Gasteiger partial charge in [0.2, 0.25) is 0 Å². The summed E-state index contributed by atoms with van der Waals surface area (Å²) in [5.41, 5.74) is 0.942. The number of carbonyl (C=O) groups excluding carboxylic acids is 1. The molecule has 2 aromatic rings. The number of methoxy groups -OCH3 is 1. The van der Waals surface area contributed by atoms with E-state index in [1.165, 1.54) is 13.2 Å². The second-order valence-corrected chi connectivity index (χ2v) is 14.8. The third-order valence-corrected chi connectivity index (χ3v) is 5.75. The molecular weight excluding hydrogens is 408 g/mol. The van der Waals surface area contributed by atoms with Crippen LogP contribution in [-0.4, -0.2) is 37.9 Å². The minimum absolute atomic E-state index is 0.112. The number of aromatic hydroxyl groups is 1. The zero-order chi connectivity index (χ0) is 22.8. The van der Waals surface area contributed by atoms with E-state index >= 15 is 0 Å². The summed E-state index contributed by atoms with van der Waals surface area (Å²) in [7, 11) is 0.178. The molecule has 0 unspecified atom stereocenters. The lowest BCUT2D eigenvalue weighted by molar-refractivity contribution is 0.104. The summed E-state index contributed by atoms with van der Waals surface area (Å²) in [6.45, 7) is 10.6. The maximum absolute atomic E-state index is 12.9. The Bertz CT molecular complexity index is 1030. The fraction of sp³-hybridized carbons (Fsp3) is 0.320. The Hall–Kier alpha value is -2.99. The fourth-order valence-corrected chi connectivity index (χ4v) is 3.71. The molecule has 0 saturated carbocycles. The number of phenolic OH excluding ortho intramolecular Hbond substituents is 1. The largest absolute Gasteiger partial charge is 0.506 e. The van der Waals surface area contributed by atoms with Gasteiger partial charge in [0, 0.05) is 6.07 Å². The lowest BCUT2D eigenvalue weighted by atomic mass is 9.97. The Labute approximate surface area is 185 Å². The van der Waals surface area contributed by atoms with E-state index in [4.69, 9.17) is 14.2 Å². The fourth-order valence-electron chi connectivity index (χ4n) is 3.11. The molecule has 5 nitrogen and oxygen atoms in total. The first kappa shape index (κ1) is 22.7. The SMILES string of the molecule is COc1cc2c(c(O)c1C(=O)/C=C/c1ccc(OC[Si](C)(C)C)cc1)C=CC(C)(C)O2. The van der Waals surface area contributed by atoms with Crippen molar-refractivity contribution in [3.8, 4) is 23.0 Å². The van der Waals surface area contributed by atoms with E-state index in [9.17, 15) is 9.90 Å². The molecular formula is C25H30O5Si. The molecule has 2 aromatic carbocycles. The molecule has 1 heterocycles. The van der Waals surface area contributed by atoms with E-state index < -0.39 is 13.7 Å². The van der Waals surface area contributed by atoms with Gasteiger partial charge in [-0.1, -0.05) is 37.8 Å². The Morgan fingerprint density at radius 3 is 2.48 bits per heavy atom. The molecule has 0 bridgehead atoms. The van der Waals surface area contributed by atoms with Crippen LogP contribution in [0.25, 0.3) is 12.2 Å². The smallest absolute Gasteiger partial charge is 0.193 e. The summed E-state index contributed by atoms with van der Waals surface area (Å²) in [5.74, 6) is 1.07. The number of carbonyl (C=O) groups is 1. The first-order valence-electron chi connectivity index (χ1n) is 10.3. The second-order valence-electron chi connectivity index (χ2n) is 9.37. The van der Waals surface area contributed by atoms with Gasteiger partial charge in [0.25, 0.3) is 0 Å². The molecule has 0 spiro atoms. The predicted octanol–water partition coefficient (Wildman–Crippen LogP) is 5.74. The number of fused-ring (bicyclic) bond motifs is 1. The first-order chi connectivity index (χ1) is 14.5. The number of ether oxygens (including phenoxy) is 3. The van der Waals surface area contributed by atoms with Gasteiger partial charge in [-0.3, -0.25) is 4.79 Å². The van der Waals surface area contributed by atoms with Gasteiger partial charge in [0.15, 0.2) is 5.78 Å². The van der Waals surface area contributed by atoms with Crippen molar-refractivity contribution in [1.82, 2.24) is 0 Å². The highest BCUT2D eigenvalue weighted by Gasteiger charge is 2.28. The standard InChI is InChI=1S/C25H30O5Si/c1-25(2)14-13-19-21(30-25)15-22(28-3)23(24(19)27)20(26)12-9-17-7-10-18(11-8-17)29-16-31(4,5)6/h7-15,27H,16H2,1-6H3/b12-9+. The van der Waals surface area contributed by atoms with E-state index in [1.807, 2.05) is 44.2 Å². The van der Waals surface area contributed by atoms with Crippen LogP contribution in [0.15, 0.2) is 42.5 Å². The van der Waals surface area contributed by atoms with Gasteiger partial charge in [-0.15, -0.1) is 0 Å². The third kappa shape index (κ3) is 5.58. The molecule has 6 heteroatoms. The number of benzene rings is 2. The van der Waals surface area contributed by atoms with E-state index in [0.717, 1.165) is 17.5 Å². The normalized spacial score (nSPS) is 14.8. The van der Waals surface area contributed by atoms with Crippen LogP contribution in [0.5, 0.6) is 23.0 Å². The molecule has 0 radical (unpaired) electrons. The number of hydrogen-bond acceptors (Lipinski definition) is 5. The van der Waals surface area contributed by atoms with Crippen molar-refractivity contribution in [2.75, 3.05) is 13.3 Å². The number of hydrogen-bond donors (Lipinski definition) is 1. The van der Waals surface area contributed by atoms with Gasteiger partial charge >= 0.3 is 0 Å². The number of allylic oxidation sites excluding steroid dienone is 1. The average molecular weight is 439 g/mol.